The molecule has 0 aromatic carbocycles. The predicted molar refractivity (Wildman–Crippen MR) is 62.4 cm³/mol. The monoisotopic (exact) mass is 238 g/mol. The molecule has 2 rings (SSSR count). The fourth-order valence-corrected chi connectivity index (χ4v) is 1.57. The van der Waals surface area contributed by atoms with E-state index >= 15 is 0 Å². The maximum atomic E-state index is 11.6. The van der Waals surface area contributed by atoms with Gasteiger partial charge in [-0.1, -0.05) is 11.6 Å². The third-order valence-corrected chi connectivity index (χ3v) is 2.62. The Hall–Kier alpha value is -1.75. The van der Waals surface area contributed by atoms with Crippen LogP contribution in [0.2, 0.25) is 5.02 Å². The molecule has 0 saturated carbocycles. The standard InChI is InChI=1S/C10H11ClN4O/c1-14-4-5-15(10(14)16)6-8-7(11)2-3-9(12)13-8/h2-5H,6H2,1H3,(H2,12,13). The third kappa shape index (κ3) is 1.94. The lowest BCUT2D eigenvalue weighted by Crippen LogP contribution is -2.22. The van der Waals surface area contributed by atoms with Crippen LogP contribution < -0.4 is 11.4 Å². The van der Waals surface area contributed by atoms with Gasteiger partial charge in [0.05, 0.1) is 17.3 Å². The van der Waals surface area contributed by atoms with E-state index in [1.54, 1.807) is 31.6 Å². The van der Waals surface area contributed by atoms with E-state index in [0.29, 0.717) is 23.1 Å². The van der Waals surface area contributed by atoms with Crippen molar-refractivity contribution in [3.63, 3.8) is 0 Å². The molecule has 0 aliphatic carbocycles. The van der Waals surface area contributed by atoms with Crippen molar-refractivity contribution in [2.75, 3.05) is 5.73 Å². The minimum atomic E-state index is -0.111. The molecule has 2 heterocycles. The Bertz CT molecular complexity index is 572. The first-order chi connectivity index (χ1) is 7.58. The number of rotatable bonds is 2. The highest BCUT2D eigenvalue weighted by atomic mass is 35.5. The average Bonchev–Trinajstić information content (AvgIpc) is 2.55. The second-order valence-corrected chi connectivity index (χ2v) is 3.89. The van der Waals surface area contributed by atoms with Gasteiger partial charge in [0.25, 0.3) is 0 Å². The van der Waals surface area contributed by atoms with E-state index in [9.17, 15) is 4.79 Å². The van der Waals surface area contributed by atoms with E-state index in [0.717, 1.165) is 0 Å². The van der Waals surface area contributed by atoms with E-state index < -0.39 is 0 Å². The summed E-state index contributed by atoms with van der Waals surface area (Å²) in [5.74, 6) is 0.392. The Labute approximate surface area is 97.1 Å². The summed E-state index contributed by atoms with van der Waals surface area (Å²) < 4.78 is 3.01. The number of nitrogens with zero attached hydrogens (tertiary/aromatic N) is 3. The van der Waals surface area contributed by atoms with Crippen LogP contribution in [0, 0.1) is 0 Å². The molecular weight excluding hydrogens is 228 g/mol. The Morgan fingerprint density at radius 3 is 2.81 bits per heavy atom. The van der Waals surface area contributed by atoms with Gasteiger partial charge in [0.15, 0.2) is 0 Å². The van der Waals surface area contributed by atoms with Crippen molar-refractivity contribution in [2.45, 2.75) is 6.54 Å². The molecule has 0 amide bonds. The molecule has 2 aromatic rings. The number of anilines is 1. The van der Waals surface area contributed by atoms with E-state index in [1.165, 1.54) is 9.13 Å². The van der Waals surface area contributed by atoms with Gasteiger partial charge in [-0.3, -0.25) is 4.57 Å². The molecule has 0 atom stereocenters. The van der Waals surface area contributed by atoms with Crippen molar-refractivity contribution in [3.05, 3.63) is 45.7 Å². The molecule has 0 spiro atoms. The van der Waals surface area contributed by atoms with E-state index in [1.807, 2.05) is 0 Å². The molecule has 6 heteroatoms. The number of aromatic nitrogens is 3. The molecule has 2 aromatic heterocycles. The van der Waals surface area contributed by atoms with E-state index in [4.69, 9.17) is 17.3 Å². The molecule has 0 radical (unpaired) electrons. The minimum Gasteiger partial charge on any atom is -0.384 e. The first-order valence-corrected chi connectivity index (χ1v) is 5.08. The lowest BCUT2D eigenvalue weighted by Gasteiger charge is -2.04. The Kier molecular flexibility index (Phi) is 2.70. The summed E-state index contributed by atoms with van der Waals surface area (Å²) in [5, 5.41) is 0.505. The number of hydrogen-bond acceptors (Lipinski definition) is 3. The van der Waals surface area contributed by atoms with Crippen molar-refractivity contribution in [1.82, 2.24) is 14.1 Å². The zero-order chi connectivity index (χ0) is 11.7. The van der Waals surface area contributed by atoms with Crippen LogP contribution >= 0.6 is 11.6 Å². The molecule has 84 valence electrons. The first-order valence-electron chi connectivity index (χ1n) is 4.70. The van der Waals surface area contributed by atoms with Gasteiger partial charge in [-0.25, -0.2) is 9.78 Å². The van der Waals surface area contributed by atoms with E-state index in [2.05, 4.69) is 4.98 Å². The van der Waals surface area contributed by atoms with Crippen molar-refractivity contribution < 1.29 is 0 Å². The molecule has 0 bridgehead atoms. The summed E-state index contributed by atoms with van der Waals surface area (Å²) in [6.45, 7) is 0.323. The van der Waals surface area contributed by atoms with Gasteiger partial charge in [0.1, 0.15) is 5.82 Å². The summed E-state index contributed by atoms with van der Waals surface area (Å²) in [5.41, 5.74) is 6.04. The average molecular weight is 239 g/mol. The number of nitrogen functional groups attached to an aromatic ring is 1. The lowest BCUT2D eigenvalue weighted by molar-refractivity contribution is 0.705. The number of nitrogens with two attached hydrogens (primary N) is 1. The van der Waals surface area contributed by atoms with Crippen molar-refractivity contribution in [2.24, 2.45) is 7.05 Å². The Morgan fingerprint density at radius 2 is 2.19 bits per heavy atom. The molecular formula is C10H11ClN4O. The van der Waals surface area contributed by atoms with E-state index in [-0.39, 0.29) is 5.69 Å². The first kappa shape index (κ1) is 10.8. The molecule has 5 nitrogen and oxygen atoms in total. The van der Waals surface area contributed by atoms with Gasteiger partial charge in [0, 0.05) is 19.4 Å². The topological polar surface area (TPSA) is 65.8 Å². The molecule has 0 aliphatic rings. The second-order valence-electron chi connectivity index (χ2n) is 3.48. The summed E-state index contributed by atoms with van der Waals surface area (Å²) in [4.78, 5) is 15.7. The number of hydrogen-bond donors (Lipinski definition) is 1. The zero-order valence-electron chi connectivity index (χ0n) is 8.72. The number of imidazole rings is 1. The van der Waals surface area contributed by atoms with Gasteiger partial charge < -0.3 is 10.3 Å². The highest BCUT2D eigenvalue weighted by Gasteiger charge is 2.06. The van der Waals surface area contributed by atoms with Crippen LogP contribution in [-0.4, -0.2) is 14.1 Å². The summed E-state index contributed by atoms with van der Waals surface area (Å²) in [6.07, 6.45) is 3.37. The Morgan fingerprint density at radius 1 is 1.44 bits per heavy atom. The smallest absolute Gasteiger partial charge is 0.328 e. The molecule has 0 fully saturated rings. The van der Waals surface area contributed by atoms with Gasteiger partial charge in [0.2, 0.25) is 0 Å². The molecule has 0 unspecified atom stereocenters. The SMILES string of the molecule is Cn1ccn(Cc2nc(N)ccc2Cl)c1=O. The van der Waals surface area contributed by atoms with Crippen LogP contribution in [0.3, 0.4) is 0 Å². The van der Waals surface area contributed by atoms with Gasteiger partial charge in [-0.2, -0.15) is 0 Å². The minimum absolute atomic E-state index is 0.111. The maximum Gasteiger partial charge on any atom is 0.328 e. The van der Waals surface area contributed by atoms with Crippen molar-refractivity contribution >= 4 is 17.4 Å². The van der Waals surface area contributed by atoms with Crippen LogP contribution in [0.25, 0.3) is 0 Å². The largest absolute Gasteiger partial charge is 0.384 e. The van der Waals surface area contributed by atoms with Crippen molar-refractivity contribution in [3.8, 4) is 0 Å². The number of aryl methyl sites for hydroxylation is 1. The summed E-state index contributed by atoms with van der Waals surface area (Å²) in [6, 6.07) is 3.30. The van der Waals surface area contributed by atoms with Crippen LogP contribution in [0.15, 0.2) is 29.3 Å². The van der Waals surface area contributed by atoms with Crippen LogP contribution in [-0.2, 0) is 13.6 Å². The second kappa shape index (κ2) is 4.02. The van der Waals surface area contributed by atoms with Gasteiger partial charge >= 0.3 is 5.69 Å². The molecule has 2 N–H and O–H groups in total. The van der Waals surface area contributed by atoms with Gasteiger partial charge in [-0.05, 0) is 12.1 Å². The van der Waals surface area contributed by atoms with Crippen LogP contribution in [0.5, 0.6) is 0 Å². The normalized spacial score (nSPS) is 10.6. The zero-order valence-corrected chi connectivity index (χ0v) is 9.48. The highest BCUT2D eigenvalue weighted by molar-refractivity contribution is 6.31. The van der Waals surface area contributed by atoms with Crippen LogP contribution in [0.1, 0.15) is 5.69 Å². The summed E-state index contributed by atoms with van der Waals surface area (Å²) >= 11 is 5.97. The van der Waals surface area contributed by atoms with Gasteiger partial charge in [-0.15, -0.1) is 0 Å². The fourth-order valence-electron chi connectivity index (χ4n) is 1.40. The number of halogens is 1. The van der Waals surface area contributed by atoms with Crippen LogP contribution in [0.4, 0.5) is 5.82 Å². The lowest BCUT2D eigenvalue weighted by atomic mass is 10.3. The molecule has 0 aliphatic heterocycles. The third-order valence-electron chi connectivity index (χ3n) is 2.28. The quantitative estimate of drug-likeness (QED) is 0.844. The summed E-state index contributed by atoms with van der Waals surface area (Å²) in [7, 11) is 1.69. The molecule has 16 heavy (non-hydrogen) atoms. The molecule has 0 saturated heterocycles. The Balaban J connectivity index is 2.37. The highest BCUT2D eigenvalue weighted by Crippen LogP contribution is 2.15. The fraction of sp³-hybridized carbons (Fsp3) is 0.200. The maximum absolute atomic E-state index is 11.6. The predicted octanol–water partition coefficient (Wildman–Crippen LogP) is 0.866. The van der Waals surface area contributed by atoms with Crippen molar-refractivity contribution in [1.29, 1.82) is 0 Å². The number of pyridine rings is 1.